The van der Waals surface area contributed by atoms with Gasteiger partial charge in [-0.15, -0.1) is 0 Å². The molecule has 5 aromatic carbocycles. The second-order valence-electron chi connectivity index (χ2n) is 14.3. The van der Waals surface area contributed by atoms with Gasteiger partial charge in [0.25, 0.3) is 0 Å². The lowest BCUT2D eigenvalue weighted by atomic mass is 9.82. The number of aryl methyl sites for hydroxylation is 3. The molecule has 5 aromatic rings. The Bertz CT molecular complexity index is 2000. The minimum Gasteiger partial charge on any atom is -0.0726 e. The first kappa shape index (κ1) is 32.8. The first-order chi connectivity index (χ1) is 22.8. The highest BCUT2D eigenvalue weighted by atomic mass is 14.2. The van der Waals surface area contributed by atoms with Crippen molar-refractivity contribution >= 4 is 38.3 Å². The second kappa shape index (κ2) is 14.7. The molecule has 0 saturated heterocycles. The van der Waals surface area contributed by atoms with Gasteiger partial charge < -0.3 is 0 Å². The van der Waals surface area contributed by atoms with E-state index in [1.165, 1.54) is 124 Å². The van der Waals surface area contributed by atoms with Crippen molar-refractivity contribution in [2.75, 3.05) is 0 Å². The molecule has 240 valence electrons. The van der Waals surface area contributed by atoms with Gasteiger partial charge >= 0.3 is 0 Å². The summed E-state index contributed by atoms with van der Waals surface area (Å²) in [6.45, 7) is 13.4. The summed E-state index contributed by atoms with van der Waals surface area (Å²) in [4.78, 5) is 0. The van der Waals surface area contributed by atoms with Gasteiger partial charge in [0.05, 0.1) is 0 Å². The molecule has 8 rings (SSSR count). The van der Waals surface area contributed by atoms with Crippen LogP contribution in [0.4, 0.5) is 0 Å². The maximum absolute atomic E-state index is 2.32. The van der Waals surface area contributed by atoms with E-state index in [0.29, 0.717) is 0 Å². The van der Waals surface area contributed by atoms with Crippen LogP contribution < -0.4 is 0 Å². The largest absolute Gasteiger partial charge is 0.0726 e. The molecule has 0 spiro atoms. The lowest BCUT2D eigenvalue weighted by Crippen LogP contribution is -2.03. The number of hydrogen-bond acceptors (Lipinski definition) is 0. The Balaban J connectivity index is 0.000000125. The summed E-state index contributed by atoms with van der Waals surface area (Å²) in [7, 11) is 0. The van der Waals surface area contributed by atoms with E-state index in [1.807, 2.05) is 0 Å². The Morgan fingerprint density at radius 1 is 0.383 bits per heavy atom. The van der Waals surface area contributed by atoms with Crippen LogP contribution >= 0.6 is 0 Å². The summed E-state index contributed by atoms with van der Waals surface area (Å²) in [5, 5.41) is 5.62. The summed E-state index contributed by atoms with van der Waals surface area (Å²) in [5.41, 5.74) is 18.3. The third-order valence-corrected chi connectivity index (χ3v) is 10.4. The molecule has 0 nitrogen and oxygen atoms in total. The monoisotopic (exact) mass is 616 g/mol. The van der Waals surface area contributed by atoms with E-state index in [4.69, 9.17) is 0 Å². The maximum Gasteiger partial charge on any atom is -0.0106 e. The topological polar surface area (TPSA) is 0 Å². The average molecular weight is 617 g/mol. The first-order valence-electron chi connectivity index (χ1n) is 17.9. The zero-order valence-electron chi connectivity index (χ0n) is 29.6. The van der Waals surface area contributed by atoms with Crippen LogP contribution in [-0.2, 0) is 19.3 Å². The second-order valence-corrected chi connectivity index (χ2v) is 14.3. The van der Waals surface area contributed by atoms with Crippen molar-refractivity contribution in [1.82, 2.24) is 0 Å². The van der Waals surface area contributed by atoms with Crippen LogP contribution in [0.5, 0.6) is 0 Å². The average Bonchev–Trinajstić information content (AvgIpc) is 3.11. The summed E-state index contributed by atoms with van der Waals surface area (Å²) in [5.74, 6) is 0. The third kappa shape index (κ3) is 7.08. The zero-order valence-corrected chi connectivity index (χ0v) is 29.6. The molecule has 0 heteroatoms. The highest BCUT2D eigenvalue weighted by Gasteiger charge is 2.18. The Morgan fingerprint density at radius 2 is 0.894 bits per heavy atom. The van der Waals surface area contributed by atoms with Crippen LogP contribution in [0.2, 0.25) is 0 Å². The summed E-state index contributed by atoms with van der Waals surface area (Å²) in [6.07, 6.45) is 11.4. The molecule has 0 amide bonds. The summed E-state index contributed by atoms with van der Waals surface area (Å²) >= 11 is 0. The minimum absolute atomic E-state index is 1.23. The molecule has 47 heavy (non-hydrogen) atoms. The SMILES string of the molecule is CC(C)=C1CCCc2c1ccc1ccccc21.CC(C)=C1CCCc2ccc3ccccc3c21.CC(C)=C1CCCc2ccccc21. The van der Waals surface area contributed by atoms with Crippen molar-refractivity contribution in [3.8, 4) is 0 Å². The smallest absolute Gasteiger partial charge is 0.0106 e. The third-order valence-electron chi connectivity index (χ3n) is 10.4. The van der Waals surface area contributed by atoms with Gasteiger partial charge in [-0.3, -0.25) is 0 Å². The van der Waals surface area contributed by atoms with Gasteiger partial charge in [-0.25, -0.2) is 0 Å². The Kier molecular flexibility index (Phi) is 10.3. The fourth-order valence-electron chi connectivity index (χ4n) is 8.09. The number of rotatable bonds is 0. The zero-order chi connectivity index (χ0) is 32.9. The van der Waals surface area contributed by atoms with Gasteiger partial charge in [-0.2, -0.15) is 0 Å². The molecule has 0 unspecified atom stereocenters. The molecule has 0 N–H and O–H groups in total. The number of allylic oxidation sites excluding steroid dienone is 6. The van der Waals surface area contributed by atoms with Crippen molar-refractivity contribution in [3.63, 3.8) is 0 Å². The molecule has 0 radical (unpaired) electrons. The molecule has 0 atom stereocenters. The number of benzene rings is 5. The predicted octanol–water partition coefficient (Wildman–Crippen LogP) is 13.8. The molecule has 0 heterocycles. The summed E-state index contributed by atoms with van der Waals surface area (Å²) < 4.78 is 0. The molecule has 3 aliphatic rings. The van der Waals surface area contributed by atoms with E-state index >= 15 is 0 Å². The van der Waals surface area contributed by atoms with Gasteiger partial charge in [0, 0.05) is 0 Å². The Hall–Kier alpha value is -4.16. The highest BCUT2D eigenvalue weighted by Crippen LogP contribution is 2.39. The maximum atomic E-state index is 2.32. The molecular formula is C47H52. The van der Waals surface area contributed by atoms with E-state index in [0.717, 1.165) is 0 Å². The normalized spacial score (nSPS) is 15.0. The highest BCUT2D eigenvalue weighted by molar-refractivity contribution is 5.96. The van der Waals surface area contributed by atoms with Crippen LogP contribution in [-0.4, -0.2) is 0 Å². The van der Waals surface area contributed by atoms with Gasteiger partial charge in [0.1, 0.15) is 0 Å². The molecule has 0 fully saturated rings. The quantitative estimate of drug-likeness (QED) is 0.162. The van der Waals surface area contributed by atoms with Gasteiger partial charge in [-0.05, 0) is 171 Å². The molecule has 3 aliphatic carbocycles. The van der Waals surface area contributed by atoms with Crippen molar-refractivity contribution in [2.24, 2.45) is 0 Å². The van der Waals surface area contributed by atoms with Gasteiger partial charge in [0.2, 0.25) is 0 Å². The first-order valence-corrected chi connectivity index (χ1v) is 17.9. The predicted molar refractivity (Wildman–Crippen MR) is 208 cm³/mol. The molecule has 0 aromatic heterocycles. The van der Waals surface area contributed by atoms with E-state index < -0.39 is 0 Å². The Morgan fingerprint density at radius 3 is 1.60 bits per heavy atom. The Labute approximate surface area is 283 Å². The minimum atomic E-state index is 1.23. The van der Waals surface area contributed by atoms with Gasteiger partial charge in [0.15, 0.2) is 0 Å². The van der Waals surface area contributed by atoms with Crippen molar-refractivity contribution in [2.45, 2.75) is 99.3 Å². The van der Waals surface area contributed by atoms with Crippen LogP contribution in [0.15, 0.2) is 114 Å². The van der Waals surface area contributed by atoms with Crippen molar-refractivity contribution < 1.29 is 0 Å². The van der Waals surface area contributed by atoms with Gasteiger partial charge in [-0.1, -0.05) is 114 Å². The molecule has 0 aliphatic heterocycles. The number of hydrogen-bond donors (Lipinski definition) is 0. The van der Waals surface area contributed by atoms with E-state index in [9.17, 15) is 0 Å². The van der Waals surface area contributed by atoms with Crippen molar-refractivity contribution in [3.05, 3.63) is 147 Å². The number of fused-ring (bicyclic) bond motifs is 7. The fourth-order valence-corrected chi connectivity index (χ4v) is 8.09. The summed E-state index contributed by atoms with van der Waals surface area (Å²) in [6, 6.07) is 35.5. The molecule has 0 bridgehead atoms. The van der Waals surface area contributed by atoms with Crippen LogP contribution in [0.3, 0.4) is 0 Å². The van der Waals surface area contributed by atoms with E-state index in [1.54, 1.807) is 22.3 Å². The van der Waals surface area contributed by atoms with E-state index in [2.05, 4.69) is 139 Å². The van der Waals surface area contributed by atoms with E-state index in [-0.39, 0.29) is 0 Å². The van der Waals surface area contributed by atoms with Crippen LogP contribution in [0.1, 0.15) is 113 Å². The van der Waals surface area contributed by atoms with Crippen LogP contribution in [0, 0.1) is 0 Å². The van der Waals surface area contributed by atoms with Crippen molar-refractivity contribution in [1.29, 1.82) is 0 Å². The fraction of sp³-hybridized carbons (Fsp3) is 0.319. The van der Waals surface area contributed by atoms with Crippen LogP contribution in [0.25, 0.3) is 38.3 Å². The molecular weight excluding hydrogens is 565 g/mol. The standard InChI is InChI=1S/2C17H18.C13H16/c1-12(2)15-9-5-7-14-11-10-13-6-3-4-8-16(13)17(14)15;1-12(2)14-8-5-9-16-15-7-4-3-6-13(15)10-11-17(14)16;1-10(2)12-9-5-7-11-6-3-4-8-13(11)12/h3-4,6,8,10-11H,5,7,9H2,1-2H3;3-4,6-7,10-11H,5,8-9H2,1-2H3;3-4,6,8H,5,7,9H2,1-2H3. The molecule has 0 saturated carbocycles. The lowest BCUT2D eigenvalue weighted by molar-refractivity contribution is 0.818. The lowest BCUT2D eigenvalue weighted by Gasteiger charge is -2.22.